The highest BCUT2D eigenvalue weighted by Gasteiger charge is 2.73. The van der Waals surface area contributed by atoms with Crippen molar-refractivity contribution < 1.29 is 29.0 Å². The van der Waals surface area contributed by atoms with Crippen LogP contribution in [-0.2, 0) is 14.4 Å². The lowest BCUT2D eigenvalue weighted by molar-refractivity contribution is -0.138. The molecule has 2 bridgehead atoms. The molecule has 2 aromatic carbocycles. The molecular weight excluding hydrogens is 518 g/mol. The number of unbranched alkanes of at least 4 members (excludes halogenated alkanes) is 1. The van der Waals surface area contributed by atoms with Crippen LogP contribution in [-0.4, -0.2) is 70.6 Å². The molecule has 3 saturated heterocycles. The summed E-state index contributed by atoms with van der Waals surface area (Å²) in [6.45, 7) is 2.84. The number of fused-ring (bicyclic) bond motifs is 1. The number of anilines is 2. The molecule has 3 N–H and O–H groups in total. The fourth-order valence-corrected chi connectivity index (χ4v) is 8.52. The van der Waals surface area contributed by atoms with Crippen molar-refractivity contribution in [3.05, 3.63) is 48.5 Å². The first-order valence-electron chi connectivity index (χ1n) is 13.5. The number of likely N-dealkylation sites (tertiary alicyclic amines) is 1. The number of hydrogen-bond acceptors (Lipinski definition) is 7. The zero-order chi connectivity index (χ0) is 27.6. The molecular formula is C29H35N3O6S. The van der Waals surface area contributed by atoms with Crippen molar-refractivity contribution in [2.75, 3.05) is 37.5 Å². The van der Waals surface area contributed by atoms with Gasteiger partial charge in [-0.2, -0.15) is 0 Å². The molecule has 5 rings (SSSR count). The lowest BCUT2D eigenvalue weighted by atomic mass is 9.70. The predicted octanol–water partition coefficient (Wildman–Crippen LogP) is 3.53. The number of carbonyl (C=O) groups excluding carboxylic acids is 3. The van der Waals surface area contributed by atoms with Gasteiger partial charge in [-0.15, -0.1) is 11.8 Å². The van der Waals surface area contributed by atoms with E-state index in [2.05, 4.69) is 10.6 Å². The van der Waals surface area contributed by atoms with Crippen molar-refractivity contribution in [3.8, 4) is 11.5 Å². The molecule has 5 atom stereocenters. The summed E-state index contributed by atoms with van der Waals surface area (Å²) in [6, 6.07) is 13.6. The number of amides is 3. The summed E-state index contributed by atoms with van der Waals surface area (Å²) in [5.41, 5.74) is 1.26. The topological polar surface area (TPSA) is 117 Å². The molecule has 0 aliphatic carbocycles. The number of nitrogens with one attached hydrogen (secondary N) is 2. The highest BCUT2D eigenvalue weighted by molar-refractivity contribution is 8.02. The van der Waals surface area contributed by atoms with Crippen molar-refractivity contribution in [1.82, 2.24) is 4.90 Å². The maximum Gasteiger partial charge on any atom is 0.248 e. The first-order chi connectivity index (χ1) is 18.9. The maximum absolute atomic E-state index is 14.0. The molecule has 0 saturated carbocycles. The average molecular weight is 554 g/mol. The number of nitrogens with zero attached hydrogens (tertiary/aromatic N) is 1. The Morgan fingerprint density at radius 1 is 1.03 bits per heavy atom. The van der Waals surface area contributed by atoms with E-state index in [1.54, 1.807) is 72.3 Å². The first kappa shape index (κ1) is 27.3. The second-order valence-corrected chi connectivity index (χ2v) is 11.8. The van der Waals surface area contributed by atoms with E-state index in [9.17, 15) is 19.5 Å². The molecule has 3 fully saturated rings. The smallest absolute Gasteiger partial charge is 0.248 e. The Balaban J connectivity index is 1.39. The van der Waals surface area contributed by atoms with E-state index in [1.807, 2.05) is 6.92 Å². The molecule has 0 aromatic heterocycles. The number of methoxy groups -OCH3 is 1. The van der Waals surface area contributed by atoms with Crippen LogP contribution in [0, 0.1) is 11.8 Å². The van der Waals surface area contributed by atoms with Crippen LogP contribution in [0.2, 0.25) is 0 Å². The second-order valence-electron chi connectivity index (χ2n) is 10.2. The summed E-state index contributed by atoms with van der Waals surface area (Å²) in [4.78, 5) is 43.1. The Hall–Kier alpha value is -3.24. The van der Waals surface area contributed by atoms with E-state index in [-0.39, 0.29) is 29.6 Å². The summed E-state index contributed by atoms with van der Waals surface area (Å²) in [5.74, 6) is -0.292. The van der Waals surface area contributed by atoms with E-state index < -0.39 is 22.6 Å². The van der Waals surface area contributed by atoms with Crippen LogP contribution in [0.3, 0.4) is 0 Å². The van der Waals surface area contributed by atoms with Crippen molar-refractivity contribution in [2.45, 2.75) is 48.6 Å². The van der Waals surface area contributed by atoms with Gasteiger partial charge in [0.1, 0.15) is 17.5 Å². The molecule has 1 spiro atoms. The standard InChI is InChI=1S/C29H35N3O6S/c1-3-38-21-12-8-18(9-13-21)30-26(34)23-22-14-15-29(39-22)24(23)28(36)32(16-4-5-17-33)25(29)27(35)31-19-6-10-20(37-2)11-7-19/h6-13,22-25,33H,3-5,14-17H2,1-2H3,(H,30,34)(H,31,35)/t22-,23+,24-,25?,29?/m0/s1. The minimum atomic E-state index is -0.700. The molecule has 0 radical (unpaired) electrons. The van der Waals surface area contributed by atoms with E-state index in [0.717, 1.165) is 12.2 Å². The molecule has 2 aromatic rings. The Labute approximate surface area is 232 Å². The monoisotopic (exact) mass is 553 g/mol. The molecule has 2 unspecified atom stereocenters. The normalized spacial score (nSPS) is 26.8. The predicted molar refractivity (Wildman–Crippen MR) is 150 cm³/mol. The largest absolute Gasteiger partial charge is 0.497 e. The van der Waals surface area contributed by atoms with Crippen LogP contribution >= 0.6 is 11.8 Å². The molecule has 10 heteroatoms. The van der Waals surface area contributed by atoms with Gasteiger partial charge in [-0.1, -0.05) is 0 Å². The molecule has 208 valence electrons. The number of benzene rings is 2. The highest BCUT2D eigenvalue weighted by Crippen LogP contribution is 2.66. The molecule has 3 aliphatic heterocycles. The van der Waals surface area contributed by atoms with Gasteiger partial charge in [0.2, 0.25) is 17.7 Å². The van der Waals surface area contributed by atoms with Gasteiger partial charge in [-0.3, -0.25) is 14.4 Å². The quantitative estimate of drug-likeness (QED) is 0.365. The molecule has 3 aliphatic rings. The summed E-state index contributed by atoms with van der Waals surface area (Å²) in [5, 5.41) is 15.3. The van der Waals surface area contributed by atoms with Crippen LogP contribution in [0.25, 0.3) is 0 Å². The van der Waals surface area contributed by atoms with E-state index >= 15 is 0 Å². The Morgan fingerprint density at radius 3 is 2.28 bits per heavy atom. The summed E-state index contributed by atoms with van der Waals surface area (Å²) in [6.07, 6.45) is 2.58. The van der Waals surface area contributed by atoms with Gasteiger partial charge >= 0.3 is 0 Å². The van der Waals surface area contributed by atoms with E-state index in [4.69, 9.17) is 9.47 Å². The van der Waals surface area contributed by atoms with Crippen LogP contribution in [0.5, 0.6) is 11.5 Å². The van der Waals surface area contributed by atoms with Gasteiger partial charge in [0.05, 0.1) is 30.3 Å². The lowest BCUT2D eigenvalue weighted by Gasteiger charge is -2.34. The Morgan fingerprint density at radius 2 is 1.67 bits per heavy atom. The van der Waals surface area contributed by atoms with Gasteiger partial charge in [0.15, 0.2) is 0 Å². The number of ether oxygens (including phenoxy) is 2. The van der Waals surface area contributed by atoms with Gasteiger partial charge in [0, 0.05) is 29.8 Å². The fraction of sp³-hybridized carbons (Fsp3) is 0.483. The number of aliphatic hydroxyl groups excluding tert-OH is 1. The van der Waals surface area contributed by atoms with Crippen LogP contribution in [0.1, 0.15) is 32.6 Å². The van der Waals surface area contributed by atoms with Crippen molar-refractivity contribution in [2.24, 2.45) is 11.8 Å². The molecule has 39 heavy (non-hydrogen) atoms. The third kappa shape index (κ3) is 5.07. The lowest BCUT2D eigenvalue weighted by Crippen LogP contribution is -2.51. The number of thioether (sulfide) groups is 1. The van der Waals surface area contributed by atoms with Crippen molar-refractivity contribution >= 4 is 40.9 Å². The molecule has 3 heterocycles. The van der Waals surface area contributed by atoms with Gasteiger partial charge in [-0.05, 0) is 81.1 Å². The van der Waals surface area contributed by atoms with Crippen molar-refractivity contribution in [3.63, 3.8) is 0 Å². The summed E-state index contributed by atoms with van der Waals surface area (Å²) in [7, 11) is 1.58. The zero-order valence-electron chi connectivity index (χ0n) is 22.2. The summed E-state index contributed by atoms with van der Waals surface area (Å²) < 4.78 is 10.0. The maximum atomic E-state index is 14.0. The van der Waals surface area contributed by atoms with Crippen LogP contribution in [0.4, 0.5) is 11.4 Å². The van der Waals surface area contributed by atoms with Gasteiger partial charge in [0.25, 0.3) is 0 Å². The molecule has 9 nitrogen and oxygen atoms in total. The summed E-state index contributed by atoms with van der Waals surface area (Å²) >= 11 is 1.63. The number of carbonyl (C=O) groups is 3. The van der Waals surface area contributed by atoms with E-state index in [1.165, 1.54) is 0 Å². The minimum absolute atomic E-state index is 0.0171. The highest BCUT2D eigenvalue weighted by atomic mass is 32.2. The Kier molecular flexibility index (Phi) is 8.04. The SMILES string of the molecule is CCOc1ccc(NC(=O)[C@@H]2[C@@H]3CCC4(S3)C(C(=O)Nc3ccc(OC)cc3)N(CCCCO)C(=O)[C@H]24)cc1. The third-order valence-electron chi connectivity index (χ3n) is 7.95. The second kappa shape index (κ2) is 11.5. The third-order valence-corrected chi connectivity index (χ3v) is 9.90. The molecule has 3 amide bonds. The van der Waals surface area contributed by atoms with Gasteiger partial charge < -0.3 is 30.1 Å². The average Bonchev–Trinajstić information content (AvgIpc) is 3.58. The number of hydrogen-bond donors (Lipinski definition) is 3. The van der Waals surface area contributed by atoms with E-state index in [0.29, 0.717) is 49.5 Å². The van der Waals surface area contributed by atoms with Crippen LogP contribution < -0.4 is 20.1 Å². The minimum Gasteiger partial charge on any atom is -0.497 e. The van der Waals surface area contributed by atoms with Gasteiger partial charge in [-0.25, -0.2) is 0 Å². The number of aliphatic hydroxyl groups is 1. The number of rotatable bonds is 11. The van der Waals surface area contributed by atoms with Crippen LogP contribution in [0.15, 0.2) is 48.5 Å². The Bertz CT molecular complexity index is 1210. The fourth-order valence-electron chi connectivity index (χ4n) is 6.30. The first-order valence-corrected chi connectivity index (χ1v) is 14.4. The zero-order valence-corrected chi connectivity index (χ0v) is 23.0. The van der Waals surface area contributed by atoms with Crippen molar-refractivity contribution in [1.29, 1.82) is 0 Å².